The smallest absolute Gasteiger partial charge is 0.317 e. The zero-order valence-corrected chi connectivity index (χ0v) is 16.6. The fourth-order valence-electron chi connectivity index (χ4n) is 3.46. The third-order valence-corrected chi connectivity index (χ3v) is 8.28. The first kappa shape index (κ1) is 18.7. The van der Waals surface area contributed by atoms with Gasteiger partial charge in [0, 0.05) is 44.1 Å². The van der Waals surface area contributed by atoms with Gasteiger partial charge in [0.15, 0.2) is 0 Å². The first-order valence-electron chi connectivity index (χ1n) is 8.84. The summed E-state index contributed by atoms with van der Waals surface area (Å²) in [6.07, 6.45) is 1.42. The number of morpholine rings is 1. The van der Waals surface area contributed by atoms with Crippen molar-refractivity contribution in [3.63, 3.8) is 0 Å². The molecule has 0 bridgehead atoms. The van der Waals surface area contributed by atoms with Gasteiger partial charge in [0.25, 0.3) is 0 Å². The molecular formula is C17H27N3O3S2. The second-order valence-corrected chi connectivity index (χ2v) is 10.7. The van der Waals surface area contributed by atoms with Crippen LogP contribution < -0.4 is 5.32 Å². The number of amides is 2. The number of hydrogen-bond acceptors (Lipinski definition) is 5. The molecular weight excluding hydrogens is 358 g/mol. The Hall–Kier alpha value is -1.12. The number of nitrogens with one attached hydrogen (secondary N) is 1. The molecule has 2 saturated heterocycles. The Morgan fingerprint density at radius 3 is 2.84 bits per heavy atom. The van der Waals surface area contributed by atoms with Crippen LogP contribution in [0.25, 0.3) is 0 Å². The van der Waals surface area contributed by atoms with Crippen LogP contribution in [-0.2, 0) is 21.0 Å². The molecule has 0 atom stereocenters. The van der Waals surface area contributed by atoms with Crippen LogP contribution in [0.3, 0.4) is 0 Å². The van der Waals surface area contributed by atoms with Crippen LogP contribution in [0.2, 0.25) is 0 Å². The molecule has 0 aliphatic carbocycles. The van der Waals surface area contributed by atoms with E-state index in [1.165, 1.54) is 4.88 Å². The van der Waals surface area contributed by atoms with Gasteiger partial charge in [0.2, 0.25) is 0 Å². The van der Waals surface area contributed by atoms with Crippen molar-refractivity contribution in [2.24, 2.45) is 4.36 Å². The number of hydrogen-bond donors (Lipinski definition) is 1. The SMILES string of the molecule is CCN=S1(=O)CCC2(CC1)CN(C(=O)NCc1ccc(C)s1)CCO2. The van der Waals surface area contributed by atoms with Crippen LogP contribution in [0, 0.1) is 6.92 Å². The number of ether oxygens (including phenoxy) is 1. The first-order chi connectivity index (χ1) is 11.9. The van der Waals surface area contributed by atoms with Gasteiger partial charge in [0.1, 0.15) is 0 Å². The maximum Gasteiger partial charge on any atom is 0.317 e. The third kappa shape index (κ3) is 4.54. The summed E-state index contributed by atoms with van der Waals surface area (Å²) in [6, 6.07) is 4.07. The summed E-state index contributed by atoms with van der Waals surface area (Å²) in [5.74, 6) is 1.15. The number of aryl methyl sites for hydroxylation is 1. The average Bonchev–Trinajstić information content (AvgIpc) is 3.02. The lowest BCUT2D eigenvalue weighted by molar-refractivity contribution is -0.102. The standard InChI is InChI=1S/C17H27N3O3S2/c1-3-19-25(22)10-6-17(7-11-25)13-20(8-9-23-17)16(21)18-12-15-5-4-14(2)24-15/h4-5H,3,6-13H2,1-2H3,(H,18,21). The molecule has 1 aromatic rings. The van der Waals surface area contributed by atoms with Crippen molar-refractivity contribution in [1.29, 1.82) is 0 Å². The molecule has 1 aromatic heterocycles. The number of rotatable bonds is 3. The molecule has 8 heteroatoms. The zero-order valence-electron chi connectivity index (χ0n) is 15.0. The molecule has 0 saturated carbocycles. The molecule has 2 aliphatic heterocycles. The van der Waals surface area contributed by atoms with Crippen molar-refractivity contribution in [3.8, 4) is 0 Å². The van der Waals surface area contributed by atoms with Gasteiger partial charge in [-0.05, 0) is 38.8 Å². The first-order valence-corrected chi connectivity index (χ1v) is 11.5. The molecule has 2 fully saturated rings. The number of thiophene rings is 1. The second kappa shape index (κ2) is 7.63. The quantitative estimate of drug-likeness (QED) is 0.869. The lowest BCUT2D eigenvalue weighted by atomic mass is 9.94. The Kier molecular flexibility index (Phi) is 5.70. The Morgan fingerprint density at radius 1 is 1.44 bits per heavy atom. The van der Waals surface area contributed by atoms with Crippen molar-refractivity contribution < 1.29 is 13.7 Å². The van der Waals surface area contributed by atoms with E-state index < -0.39 is 9.73 Å². The van der Waals surface area contributed by atoms with Gasteiger partial charge in [-0.3, -0.25) is 0 Å². The highest BCUT2D eigenvalue weighted by molar-refractivity contribution is 7.93. The average molecular weight is 386 g/mol. The summed E-state index contributed by atoms with van der Waals surface area (Å²) in [5, 5.41) is 3.01. The van der Waals surface area contributed by atoms with E-state index in [4.69, 9.17) is 4.74 Å². The van der Waals surface area contributed by atoms with Crippen LogP contribution in [0.4, 0.5) is 4.79 Å². The van der Waals surface area contributed by atoms with Crippen LogP contribution in [0.5, 0.6) is 0 Å². The lowest BCUT2D eigenvalue weighted by Gasteiger charge is -2.45. The van der Waals surface area contributed by atoms with Gasteiger partial charge in [-0.15, -0.1) is 11.3 Å². The summed E-state index contributed by atoms with van der Waals surface area (Å²) in [5.41, 5.74) is -0.348. The highest BCUT2D eigenvalue weighted by Crippen LogP contribution is 2.32. The number of carbonyl (C=O) groups excluding carboxylic acids is 1. The third-order valence-electron chi connectivity index (χ3n) is 4.86. The number of urea groups is 1. The van der Waals surface area contributed by atoms with Gasteiger partial charge < -0.3 is 15.0 Å². The Labute approximate surface area is 154 Å². The maximum atomic E-state index is 12.6. The van der Waals surface area contributed by atoms with E-state index in [1.807, 2.05) is 11.8 Å². The van der Waals surface area contributed by atoms with Gasteiger partial charge >= 0.3 is 6.03 Å². The monoisotopic (exact) mass is 385 g/mol. The maximum absolute atomic E-state index is 12.6. The van der Waals surface area contributed by atoms with Crippen molar-refractivity contribution >= 4 is 27.1 Å². The molecule has 1 spiro atoms. The Bertz CT molecular complexity index is 723. The largest absolute Gasteiger partial charge is 0.371 e. The van der Waals surface area contributed by atoms with Crippen molar-refractivity contribution in [2.45, 2.75) is 38.8 Å². The summed E-state index contributed by atoms with van der Waals surface area (Å²) in [7, 11) is -2.07. The van der Waals surface area contributed by atoms with Gasteiger partial charge in [-0.2, -0.15) is 0 Å². The number of carbonyl (C=O) groups is 1. The van der Waals surface area contributed by atoms with E-state index in [0.29, 0.717) is 57.1 Å². The van der Waals surface area contributed by atoms with Gasteiger partial charge in [0.05, 0.1) is 25.3 Å². The highest BCUT2D eigenvalue weighted by atomic mass is 32.2. The molecule has 3 heterocycles. The fraction of sp³-hybridized carbons (Fsp3) is 0.706. The zero-order chi connectivity index (χ0) is 17.9. The van der Waals surface area contributed by atoms with Crippen molar-refractivity contribution in [3.05, 3.63) is 21.9 Å². The predicted molar refractivity (Wildman–Crippen MR) is 102 cm³/mol. The minimum absolute atomic E-state index is 0.0433. The van der Waals surface area contributed by atoms with Crippen LogP contribution in [0.1, 0.15) is 29.5 Å². The molecule has 0 radical (unpaired) electrons. The molecule has 1 N–H and O–H groups in total. The fourth-order valence-corrected chi connectivity index (χ4v) is 6.60. The van der Waals surface area contributed by atoms with Crippen LogP contribution in [0.15, 0.2) is 16.5 Å². The highest BCUT2D eigenvalue weighted by Gasteiger charge is 2.42. The van der Waals surface area contributed by atoms with E-state index >= 15 is 0 Å². The van der Waals surface area contributed by atoms with E-state index in [1.54, 1.807) is 11.3 Å². The summed E-state index contributed by atoms with van der Waals surface area (Å²) in [4.78, 5) is 16.8. The van der Waals surface area contributed by atoms with Crippen LogP contribution in [-0.4, -0.2) is 58.5 Å². The van der Waals surface area contributed by atoms with Crippen LogP contribution >= 0.6 is 11.3 Å². The number of nitrogens with zero attached hydrogens (tertiary/aromatic N) is 2. The molecule has 2 aliphatic rings. The summed E-state index contributed by atoms with van der Waals surface area (Å²) >= 11 is 1.70. The normalized spacial score (nSPS) is 29.6. The molecule has 0 unspecified atom stereocenters. The lowest BCUT2D eigenvalue weighted by Crippen LogP contribution is -2.58. The predicted octanol–water partition coefficient (Wildman–Crippen LogP) is 2.62. The Morgan fingerprint density at radius 2 is 2.20 bits per heavy atom. The van der Waals surface area contributed by atoms with E-state index in [-0.39, 0.29) is 11.6 Å². The molecule has 0 aromatic carbocycles. The second-order valence-electron chi connectivity index (χ2n) is 6.75. The van der Waals surface area contributed by atoms with Gasteiger partial charge in [-0.25, -0.2) is 13.4 Å². The summed E-state index contributed by atoms with van der Waals surface area (Å²) in [6.45, 7) is 6.87. The van der Waals surface area contributed by atoms with E-state index in [0.717, 1.165) is 4.88 Å². The van der Waals surface area contributed by atoms with Crippen molar-refractivity contribution in [1.82, 2.24) is 10.2 Å². The molecule has 140 valence electrons. The summed E-state index contributed by atoms with van der Waals surface area (Å²) < 4.78 is 22.9. The molecule has 6 nitrogen and oxygen atoms in total. The molecule has 3 rings (SSSR count). The topological polar surface area (TPSA) is 71.0 Å². The Balaban J connectivity index is 1.57. The van der Waals surface area contributed by atoms with Gasteiger partial charge in [-0.1, -0.05) is 0 Å². The molecule has 2 amide bonds. The minimum Gasteiger partial charge on any atom is -0.371 e. The van der Waals surface area contributed by atoms with Crippen molar-refractivity contribution in [2.75, 3.05) is 37.7 Å². The minimum atomic E-state index is -2.07. The van der Waals surface area contributed by atoms with E-state index in [9.17, 15) is 9.00 Å². The van der Waals surface area contributed by atoms with E-state index in [2.05, 4.69) is 28.7 Å². The molecule has 25 heavy (non-hydrogen) atoms.